The molecule has 2 rings (SSSR count). The van der Waals surface area contributed by atoms with Crippen LogP contribution in [-0.4, -0.2) is 28.4 Å². The van der Waals surface area contributed by atoms with Gasteiger partial charge in [0.15, 0.2) is 0 Å². The van der Waals surface area contributed by atoms with E-state index in [2.05, 4.69) is 14.9 Å². The summed E-state index contributed by atoms with van der Waals surface area (Å²) in [4.78, 5) is 10.6. The van der Waals surface area contributed by atoms with Crippen molar-refractivity contribution < 1.29 is 0 Å². The van der Waals surface area contributed by atoms with Gasteiger partial charge >= 0.3 is 0 Å². The van der Waals surface area contributed by atoms with Crippen molar-refractivity contribution in [2.45, 2.75) is 25.1 Å². The Kier molecular flexibility index (Phi) is 2.87. The molecular formula is C10H14ClN3. The van der Waals surface area contributed by atoms with Gasteiger partial charge in [0, 0.05) is 30.2 Å². The van der Waals surface area contributed by atoms with Crippen molar-refractivity contribution in [1.29, 1.82) is 0 Å². The molecule has 0 amide bonds. The first-order chi connectivity index (χ1) is 6.75. The smallest absolute Gasteiger partial charge is 0.132 e. The van der Waals surface area contributed by atoms with Gasteiger partial charge in [-0.3, -0.25) is 0 Å². The molecule has 2 heterocycles. The zero-order valence-corrected chi connectivity index (χ0v) is 9.04. The molecule has 14 heavy (non-hydrogen) atoms. The van der Waals surface area contributed by atoms with E-state index in [0.717, 1.165) is 37.4 Å². The number of aryl methyl sites for hydroxylation is 1. The third-order valence-corrected chi connectivity index (χ3v) is 2.97. The highest BCUT2D eigenvalue weighted by Crippen LogP contribution is 2.20. The van der Waals surface area contributed by atoms with Crippen LogP contribution in [-0.2, 0) is 0 Å². The van der Waals surface area contributed by atoms with Crippen molar-refractivity contribution in [2.24, 2.45) is 0 Å². The van der Waals surface area contributed by atoms with Crippen LogP contribution in [0.3, 0.4) is 0 Å². The molecule has 1 aromatic heterocycles. The third kappa shape index (κ3) is 2.15. The Labute approximate surface area is 89.1 Å². The molecule has 0 unspecified atom stereocenters. The van der Waals surface area contributed by atoms with Crippen LogP contribution in [0.5, 0.6) is 0 Å². The van der Waals surface area contributed by atoms with Gasteiger partial charge in [0.25, 0.3) is 0 Å². The third-order valence-electron chi connectivity index (χ3n) is 2.54. The lowest BCUT2D eigenvalue weighted by Gasteiger charge is -2.30. The number of hydrogen-bond acceptors (Lipinski definition) is 3. The van der Waals surface area contributed by atoms with Crippen molar-refractivity contribution in [1.82, 2.24) is 9.97 Å². The van der Waals surface area contributed by atoms with Crippen LogP contribution in [0.15, 0.2) is 12.4 Å². The van der Waals surface area contributed by atoms with Crippen LogP contribution in [0, 0.1) is 6.92 Å². The number of anilines is 1. The number of piperidine rings is 1. The van der Waals surface area contributed by atoms with E-state index >= 15 is 0 Å². The van der Waals surface area contributed by atoms with E-state index < -0.39 is 0 Å². The van der Waals surface area contributed by atoms with Crippen LogP contribution in [0.4, 0.5) is 5.82 Å². The molecule has 0 spiro atoms. The van der Waals surface area contributed by atoms with Crippen molar-refractivity contribution in [3.05, 3.63) is 18.1 Å². The van der Waals surface area contributed by atoms with Gasteiger partial charge in [-0.25, -0.2) is 9.97 Å². The van der Waals surface area contributed by atoms with Gasteiger partial charge in [-0.05, 0) is 19.8 Å². The van der Waals surface area contributed by atoms with E-state index in [1.165, 1.54) is 0 Å². The van der Waals surface area contributed by atoms with E-state index in [-0.39, 0.29) is 0 Å². The predicted octanol–water partition coefficient (Wildman–Crippen LogP) is 1.99. The van der Waals surface area contributed by atoms with E-state index in [9.17, 15) is 0 Å². The van der Waals surface area contributed by atoms with Gasteiger partial charge in [-0.15, -0.1) is 11.6 Å². The minimum absolute atomic E-state index is 0.342. The van der Waals surface area contributed by atoms with E-state index in [4.69, 9.17) is 11.6 Å². The van der Waals surface area contributed by atoms with Crippen molar-refractivity contribution in [3.63, 3.8) is 0 Å². The number of nitrogens with zero attached hydrogens (tertiary/aromatic N) is 3. The highest BCUT2D eigenvalue weighted by Gasteiger charge is 2.17. The monoisotopic (exact) mass is 211 g/mol. The van der Waals surface area contributed by atoms with Gasteiger partial charge in [0.2, 0.25) is 0 Å². The maximum absolute atomic E-state index is 6.04. The zero-order chi connectivity index (χ0) is 9.97. The lowest BCUT2D eigenvalue weighted by molar-refractivity contribution is 0.580. The Morgan fingerprint density at radius 2 is 2.07 bits per heavy atom. The second-order valence-corrected chi connectivity index (χ2v) is 4.30. The molecule has 76 valence electrons. The first-order valence-electron chi connectivity index (χ1n) is 4.93. The molecule has 0 N–H and O–H groups in total. The van der Waals surface area contributed by atoms with Crippen molar-refractivity contribution >= 4 is 17.4 Å². The Bertz CT molecular complexity index is 308. The lowest BCUT2D eigenvalue weighted by Crippen LogP contribution is -2.34. The molecular weight excluding hydrogens is 198 g/mol. The SMILES string of the molecule is Cc1cc(N2CCC(Cl)CC2)ncn1. The van der Waals surface area contributed by atoms with Crippen LogP contribution in [0.1, 0.15) is 18.5 Å². The molecule has 0 atom stereocenters. The van der Waals surface area contributed by atoms with Crippen LogP contribution in [0.2, 0.25) is 0 Å². The predicted molar refractivity (Wildman–Crippen MR) is 57.9 cm³/mol. The quantitative estimate of drug-likeness (QED) is 0.666. The maximum Gasteiger partial charge on any atom is 0.132 e. The van der Waals surface area contributed by atoms with E-state index in [1.54, 1.807) is 6.33 Å². The normalized spacial score (nSPS) is 18.6. The molecule has 3 nitrogen and oxygen atoms in total. The number of rotatable bonds is 1. The summed E-state index contributed by atoms with van der Waals surface area (Å²) < 4.78 is 0. The average molecular weight is 212 g/mol. The number of alkyl halides is 1. The van der Waals surface area contributed by atoms with Gasteiger partial charge in [0.1, 0.15) is 12.1 Å². The summed E-state index contributed by atoms with van der Waals surface area (Å²) in [5.41, 5.74) is 1.02. The van der Waals surface area contributed by atoms with Gasteiger partial charge < -0.3 is 4.90 Å². The van der Waals surface area contributed by atoms with Crippen molar-refractivity contribution in [3.8, 4) is 0 Å². The largest absolute Gasteiger partial charge is 0.356 e. The minimum atomic E-state index is 0.342. The second-order valence-electron chi connectivity index (χ2n) is 3.68. The lowest BCUT2D eigenvalue weighted by atomic mass is 10.1. The average Bonchev–Trinajstić information content (AvgIpc) is 2.19. The number of aromatic nitrogens is 2. The van der Waals surface area contributed by atoms with Gasteiger partial charge in [-0.2, -0.15) is 0 Å². The number of halogens is 1. The minimum Gasteiger partial charge on any atom is -0.356 e. The maximum atomic E-state index is 6.04. The molecule has 0 bridgehead atoms. The first-order valence-corrected chi connectivity index (χ1v) is 5.37. The summed E-state index contributed by atoms with van der Waals surface area (Å²) >= 11 is 6.04. The fourth-order valence-corrected chi connectivity index (χ4v) is 1.89. The molecule has 1 aliphatic heterocycles. The zero-order valence-electron chi connectivity index (χ0n) is 8.28. The standard InChI is InChI=1S/C10H14ClN3/c1-8-6-10(13-7-12-8)14-4-2-9(11)3-5-14/h6-7,9H,2-5H2,1H3. The summed E-state index contributed by atoms with van der Waals surface area (Å²) in [6.45, 7) is 3.99. The van der Waals surface area contributed by atoms with E-state index in [1.807, 2.05) is 13.0 Å². The van der Waals surface area contributed by atoms with Crippen LogP contribution >= 0.6 is 11.6 Å². The second kappa shape index (κ2) is 4.13. The molecule has 0 saturated carbocycles. The number of hydrogen-bond donors (Lipinski definition) is 0. The topological polar surface area (TPSA) is 29.0 Å². The molecule has 1 aliphatic rings. The molecule has 0 aromatic carbocycles. The summed E-state index contributed by atoms with van der Waals surface area (Å²) in [7, 11) is 0. The molecule has 1 fully saturated rings. The summed E-state index contributed by atoms with van der Waals surface area (Å²) in [6, 6.07) is 2.02. The fourth-order valence-electron chi connectivity index (χ4n) is 1.69. The Balaban J connectivity index is 2.08. The summed E-state index contributed by atoms with van der Waals surface area (Å²) in [5.74, 6) is 1.03. The van der Waals surface area contributed by atoms with Crippen LogP contribution in [0.25, 0.3) is 0 Å². The first kappa shape index (κ1) is 9.71. The Hall–Kier alpha value is -0.830. The Morgan fingerprint density at radius 3 is 2.71 bits per heavy atom. The molecule has 0 aliphatic carbocycles. The molecule has 0 radical (unpaired) electrons. The molecule has 1 aromatic rings. The van der Waals surface area contributed by atoms with Crippen molar-refractivity contribution in [2.75, 3.05) is 18.0 Å². The van der Waals surface area contributed by atoms with E-state index in [0.29, 0.717) is 5.38 Å². The molecule has 4 heteroatoms. The highest BCUT2D eigenvalue weighted by molar-refractivity contribution is 6.20. The van der Waals surface area contributed by atoms with Gasteiger partial charge in [-0.1, -0.05) is 0 Å². The summed E-state index contributed by atoms with van der Waals surface area (Å²) in [6.07, 6.45) is 3.71. The van der Waals surface area contributed by atoms with Gasteiger partial charge in [0.05, 0.1) is 0 Å². The van der Waals surface area contributed by atoms with Crippen LogP contribution < -0.4 is 4.90 Å². The summed E-state index contributed by atoms with van der Waals surface area (Å²) in [5, 5.41) is 0.342. The highest BCUT2D eigenvalue weighted by atomic mass is 35.5. The molecule has 1 saturated heterocycles. The fraction of sp³-hybridized carbons (Fsp3) is 0.600. The Morgan fingerprint density at radius 1 is 1.36 bits per heavy atom.